The molecular formula is C37H40ClN5O4. The van der Waals surface area contributed by atoms with E-state index in [1.54, 1.807) is 11.0 Å². The van der Waals surface area contributed by atoms with Gasteiger partial charge in [-0.1, -0.05) is 17.7 Å². The maximum Gasteiger partial charge on any atom is 0.337 e. The molecule has 0 aliphatic carbocycles. The van der Waals surface area contributed by atoms with Crippen LogP contribution in [0.2, 0.25) is 5.02 Å². The van der Waals surface area contributed by atoms with Gasteiger partial charge >= 0.3 is 5.97 Å². The lowest BCUT2D eigenvalue weighted by Crippen LogP contribution is -2.42. The maximum atomic E-state index is 14.5. The Labute approximate surface area is 279 Å². The minimum atomic E-state index is -1.04. The summed E-state index contributed by atoms with van der Waals surface area (Å²) in [5, 5.41) is 15.6. The molecule has 47 heavy (non-hydrogen) atoms. The molecule has 1 aliphatic heterocycles. The molecule has 0 saturated carbocycles. The van der Waals surface area contributed by atoms with Crippen LogP contribution in [0.25, 0.3) is 22.0 Å². The molecule has 1 atom stereocenters. The van der Waals surface area contributed by atoms with Crippen molar-refractivity contribution in [3.8, 4) is 16.9 Å². The van der Waals surface area contributed by atoms with E-state index in [9.17, 15) is 14.7 Å². The van der Waals surface area contributed by atoms with Gasteiger partial charge in [-0.3, -0.25) is 14.5 Å². The molecule has 1 amide bonds. The molecule has 4 heterocycles. The first-order valence-electron chi connectivity index (χ1n) is 15.9. The van der Waals surface area contributed by atoms with Crippen LogP contribution in [0.3, 0.4) is 0 Å². The van der Waals surface area contributed by atoms with E-state index in [0.717, 1.165) is 44.7 Å². The van der Waals surface area contributed by atoms with Crippen molar-refractivity contribution in [2.75, 3.05) is 13.2 Å². The number of aromatic nitrogens is 4. The summed E-state index contributed by atoms with van der Waals surface area (Å²) in [6.07, 6.45) is 2.68. The van der Waals surface area contributed by atoms with Gasteiger partial charge in [0.05, 0.1) is 40.6 Å². The number of hydrogen-bond donors (Lipinski definition) is 1. The van der Waals surface area contributed by atoms with Crippen LogP contribution in [0.5, 0.6) is 5.75 Å². The number of ether oxygens (including phenoxy) is 1. The van der Waals surface area contributed by atoms with Gasteiger partial charge in [0.15, 0.2) is 0 Å². The van der Waals surface area contributed by atoms with E-state index >= 15 is 0 Å². The Kier molecular flexibility index (Phi) is 8.61. The molecule has 3 aromatic heterocycles. The molecule has 0 saturated heterocycles. The third-order valence-corrected chi connectivity index (χ3v) is 9.87. The number of aryl methyl sites for hydroxylation is 5. The van der Waals surface area contributed by atoms with Crippen LogP contribution < -0.4 is 4.74 Å². The molecule has 1 N–H and O–H groups in total. The predicted molar refractivity (Wildman–Crippen MR) is 184 cm³/mol. The van der Waals surface area contributed by atoms with Crippen LogP contribution in [0.1, 0.15) is 79.6 Å². The van der Waals surface area contributed by atoms with Crippen molar-refractivity contribution in [3.63, 3.8) is 0 Å². The third kappa shape index (κ3) is 5.78. The summed E-state index contributed by atoms with van der Waals surface area (Å²) in [6.45, 7) is 13.7. The minimum Gasteiger partial charge on any atom is -0.494 e. The summed E-state index contributed by atoms with van der Waals surface area (Å²) >= 11 is 7.01. The smallest absolute Gasteiger partial charge is 0.337 e. The van der Waals surface area contributed by atoms with Crippen LogP contribution in [-0.2, 0) is 20.0 Å². The summed E-state index contributed by atoms with van der Waals surface area (Å²) < 4.78 is 10.3. The number of carbonyl (C=O) groups is 2. The topological polar surface area (TPSA) is 102 Å². The van der Waals surface area contributed by atoms with E-state index in [1.807, 2.05) is 37.7 Å². The minimum absolute atomic E-state index is 0.0681. The summed E-state index contributed by atoms with van der Waals surface area (Å²) in [5.41, 5.74) is 10.7. The molecule has 244 valence electrons. The highest BCUT2D eigenvalue weighted by atomic mass is 35.5. The predicted octanol–water partition coefficient (Wildman–Crippen LogP) is 7.56. The Morgan fingerprint density at radius 1 is 1.06 bits per heavy atom. The molecule has 9 nitrogen and oxygen atoms in total. The van der Waals surface area contributed by atoms with Gasteiger partial charge in [0.2, 0.25) is 0 Å². The summed E-state index contributed by atoms with van der Waals surface area (Å²) in [5.74, 6) is -0.278. The van der Waals surface area contributed by atoms with Crippen molar-refractivity contribution in [2.45, 2.75) is 67.0 Å². The summed E-state index contributed by atoms with van der Waals surface area (Å²) in [6, 6.07) is 11.2. The van der Waals surface area contributed by atoms with Crippen molar-refractivity contribution in [1.82, 2.24) is 24.2 Å². The molecule has 2 aromatic carbocycles. The fraction of sp³-hybridized carbons (Fsp3) is 0.351. The van der Waals surface area contributed by atoms with Crippen LogP contribution in [0, 0.1) is 34.6 Å². The molecule has 0 unspecified atom stereocenters. The number of pyridine rings is 1. The van der Waals surface area contributed by atoms with Gasteiger partial charge in [0.1, 0.15) is 11.4 Å². The molecule has 0 bridgehead atoms. The monoisotopic (exact) mass is 653 g/mol. The quantitative estimate of drug-likeness (QED) is 0.165. The van der Waals surface area contributed by atoms with E-state index in [1.165, 1.54) is 29.0 Å². The van der Waals surface area contributed by atoms with Crippen molar-refractivity contribution >= 4 is 34.4 Å². The SMILES string of the molecule is Cc1cc(OCCCc2c3n(c4c(-c5c(C)nn(C)c5C)c(Cl)ccc24)[C@H](C)CN(Cc2ccc(C(=O)O)cn2)C3=O)cc(C)c1C. The zero-order chi connectivity index (χ0) is 33.7. The normalized spacial score (nSPS) is 14.6. The number of halogens is 1. The summed E-state index contributed by atoms with van der Waals surface area (Å²) in [4.78, 5) is 32.0. The largest absolute Gasteiger partial charge is 0.494 e. The zero-order valence-electron chi connectivity index (χ0n) is 27.9. The van der Waals surface area contributed by atoms with Crippen LogP contribution in [0.4, 0.5) is 0 Å². The number of carboxylic acid groups (broad SMARTS) is 1. The number of hydrogen-bond acceptors (Lipinski definition) is 5. The number of nitrogens with zero attached hydrogens (tertiary/aromatic N) is 5. The number of amides is 1. The van der Waals surface area contributed by atoms with E-state index in [-0.39, 0.29) is 24.1 Å². The van der Waals surface area contributed by atoms with E-state index in [0.29, 0.717) is 42.4 Å². The lowest BCUT2D eigenvalue weighted by molar-refractivity contribution is 0.0657. The van der Waals surface area contributed by atoms with Gasteiger partial charge in [-0.25, -0.2) is 4.79 Å². The maximum absolute atomic E-state index is 14.5. The standard InChI is InChI=1S/C37H40ClN5O4/c1-20-15-28(16-21(2)23(20)4)47-14-8-9-29-30-12-13-31(38)33(32-24(5)40-41(7)25(32)6)34(30)43-22(3)18-42(36(44)35(29)43)19-27-11-10-26(17-39-27)37(45)46/h10-13,15-17,22H,8-9,14,18-19H2,1-7H3,(H,45,46)/t22-/m1/s1. The first kappa shape index (κ1) is 32.3. The van der Waals surface area contributed by atoms with Crippen molar-refractivity contribution in [3.05, 3.63) is 98.2 Å². The fourth-order valence-corrected chi connectivity index (χ4v) is 7.12. The molecule has 6 rings (SSSR count). The second-order valence-electron chi connectivity index (χ2n) is 12.7. The Bertz CT molecular complexity index is 2020. The van der Waals surface area contributed by atoms with Gasteiger partial charge in [0, 0.05) is 48.0 Å². The van der Waals surface area contributed by atoms with E-state index in [4.69, 9.17) is 16.3 Å². The van der Waals surface area contributed by atoms with Crippen molar-refractivity contribution in [2.24, 2.45) is 7.05 Å². The van der Waals surface area contributed by atoms with Gasteiger partial charge in [-0.15, -0.1) is 0 Å². The molecule has 0 fully saturated rings. The van der Waals surface area contributed by atoms with Gasteiger partial charge in [-0.05, 0) is 107 Å². The lowest BCUT2D eigenvalue weighted by atomic mass is 9.98. The average Bonchev–Trinajstić information content (AvgIpc) is 3.49. The number of aromatic carboxylic acids is 1. The van der Waals surface area contributed by atoms with Crippen LogP contribution in [0.15, 0.2) is 42.6 Å². The Morgan fingerprint density at radius 2 is 1.79 bits per heavy atom. The Hall–Kier alpha value is -4.63. The van der Waals surface area contributed by atoms with E-state index < -0.39 is 5.97 Å². The first-order valence-corrected chi connectivity index (χ1v) is 16.3. The highest BCUT2D eigenvalue weighted by Gasteiger charge is 2.36. The highest BCUT2D eigenvalue weighted by Crippen LogP contribution is 2.44. The number of carboxylic acids is 1. The van der Waals surface area contributed by atoms with Crippen LogP contribution >= 0.6 is 11.6 Å². The van der Waals surface area contributed by atoms with Gasteiger partial charge in [0.25, 0.3) is 5.91 Å². The van der Waals surface area contributed by atoms with E-state index in [2.05, 4.69) is 54.5 Å². The molecule has 1 aliphatic rings. The van der Waals surface area contributed by atoms with Gasteiger partial charge < -0.3 is 19.3 Å². The second kappa shape index (κ2) is 12.5. The second-order valence-corrected chi connectivity index (χ2v) is 13.1. The van der Waals surface area contributed by atoms with Crippen molar-refractivity contribution in [1.29, 1.82) is 0 Å². The molecule has 5 aromatic rings. The van der Waals surface area contributed by atoms with Gasteiger partial charge in [-0.2, -0.15) is 5.10 Å². The number of fused-ring (bicyclic) bond motifs is 3. The lowest BCUT2D eigenvalue weighted by Gasteiger charge is -2.34. The number of benzene rings is 2. The molecule has 0 spiro atoms. The summed E-state index contributed by atoms with van der Waals surface area (Å²) in [7, 11) is 1.93. The number of rotatable bonds is 9. The number of carbonyl (C=O) groups excluding carboxylic acids is 1. The molecular weight excluding hydrogens is 614 g/mol. The fourth-order valence-electron chi connectivity index (χ4n) is 6.87. The Morgan fingerprint density at radius 3 is 2.40 bits per heavy atom. The zero-order valence-corrected chi connectivity index (χ0v) is 28.7. The molecule has 10 heteroatoms. The van der Waals surface area contributed by atoms with Crippen molar-refractivity contribution < 1.29 is 19.4 Å². The average molecular weight is 654 g/mol. The highest BCUT2D eigenvalue weighted by molar-refractivity contribution is 6.35. The molecule has 0 radical (unpaired) electrons. The third-order valence-electron chi connectivity index (χ3n) is 9.56. The van der Waals surface area contributed by atoms with Crippen LogP contribution in [-0.4, -0.2) is 54.4 Å². The first-order chi connectivity index (χ1) is 22.4. The Balaban J connectivity index is 1.42.